The van der Waals surface area contributed by atoms with Gasteiger partial charge in [-0.05, 0) is 29.9 Å². The minimum atomic E-state index is 0.375. The zero-order chi connectivity index (χ0) is 14.7. The summed E-state index contributed by atoms with van der Waals surface area (Å²) in [6.07, 6.45) is 2.06. The lowest BCUT2D eigenvalue weighted by Gasteiger charge is -2.12. The van der Waals surface area contributed by atoms with Gasteiger partial charge in [-0.2, -0.15) is 0 Å². The summed E-state index contributed by atoms with van der Waals surface area (Å²) in [6.45, 7) is 8.72. The molecule has 0 unspecified atom stereocenters. The smallest absolute Gasteiger partial charge is 0.175 e. The Morgan fingerprint density at radius 1 is 1.10 bits per heavy atom. The fraction of sp³-hybridized carbons (Fsp3) is 0.471. The first-order valence-electron chi connectivity index (χ1n) is 7.43. The van der Waals surface area contributed by atoms with Crippen molar-refractivity contribution in [3.8, 4) is 11.1 Å². The first-order valence-corrected chi connectivity index (χ1v) is 7.43. The van der Waals surface area contributed by atoms with Crippen LogP contribution in [0.4, 0.5) is 5.82 Å². The molecule has 0 aliphatic heterocycles. The van der Waals surface area contributed by atoms with Gasteiger partial charge in [0.15, 0.2) is 5.82 Å². The van der Waals surface area contributed by atoms with E-state index in [2.05, 4.69) is 57.1 Å². The Balaban J connectivity index is 2.44. The third kappa shape index (κ3) is 2.72. The lowest BCUT2D eigenvalue weighted by molar-refractivity contribution is 0.356. The summed E-state index contributed by atoms with van der Waals surface area (Å²) in [7, 11) is 0. The quantitative estimate of drug-likeness (QED) is 0.837. The van der Waals surface area contributed by atoms with Gasteiger partial charge in [-0.1, -0.05) is 57.1 Å². The molecule has 0 aliphatic carbocycles. The van der Waals surface area contributed by atoms with Crippen molar-refractivity contribution in [2.75, 3.05) is 5.73 Å². The highest BCUT2D eigenvalue weighted by molar-refractivity contribution is 5.76. The van der Waals surface area contributed by atoms with Crippen LogP contribution in [0.25, 0.3) is 11.1 Å². The average Bonchev–Trinajstić information content (AvgIpc) is 2.82. The van der Waals surface area contributed by atoms with Crippen LogP contribution in [0.1, 0.15) is 63.7 Å². The maximum absolute atomic E-state index is 6.01. The molecule has 108 valence electrons. The molecule has 1 heterocycles. The Morgan fingerprint density at radius 3 is 2.20 bits per heavy atom. The lowest BCUT2D eigenvalue weighted by Crippen LogP contribution is -1.97. The highest BCUT2D eigenvalue weighted by Crippen LogP contribution is 2.37. The highest BCUT2D eigenvalue weighted by Gasteiger charge is 2.21. The number of nitrogens with two attached hydrogens (primary N) is 1. The second-order valence-electron chi connectivity index (χ2n) is 5.60. The second kappa shape index (κ2) is 6.12. The Kier molecular flexibility index (Phi) is 4.48. The second-order valence-corrected chi connectivity index (χ2v) is 5.60. The monoisotopic (exact) mass is 272 g/mol. The van der Waals surface area contributed by atoms with Gasteiger partial charge in [-0.3, -0.25) is 0 Å². The van der Waals surface area contributed by atoms with Crippen molar-refractivity contribution in [2.24, 2.45) is 0 Å². The summed E-state index contributed by atoms with van der Waals surface area (Å²) in [5.41, 5.74) is 9.40. The van der Waals surface area contributed by atoms with Crippen molar-refractivity contribution in [3.63, 3.8) is 0 Å². The van der Waals surface area contributed by atoms with E-state index in [1.54, 1.807) is 0 Å². The normalized spacial score (nSPS) is 11.5. The van der Waals surface area contributed by atoms with Crippen LogP contribution < -0.4 is 5.73 Å². The van der Waals surface area contributed by atoms with Crippen molar-refractivity contribution in [1.82, 2.24) is 5.16 Å². The molecule has 0 radical (unpaired) electrons. The summed E-state index contributed by atoms with van der Waals surface area (Å²) in [6, 6.07) is 8.54. The van der Waals surface area contributed by atoms with E-state index < -0.39 is 0 Å². The highest BCUT2D eigenvalue weighted by atomic mass is 16.5. The Labute approximate surface area is 121 Å². The third-order valence-corrected chi connectivity index (χ3v) is 3.97. The predicted octanol–water partition coefficient (Wildman–Crippen LogP) is 4.95. The molecule has 2 N–H and O–H groups in total. The van der Waals surface area contributed by atoms with Gasteiger partial charge in [-0.15, -0.1) is 0 Å². The molecule has 20 heavy (non-hydrogen) atoms. The maximum atomic E-state index is 6.01. The molecule has 1 aromatic carbocycles. The number of hydrogen-bond donors (Lipinski definition) is 1. The minimum absolute atomic E-state index is 0.375. The van der Waals surface area contributed by atoms with Crippen molar-refractivity contribution in [2.45, 2.75) is 52.4 Å². The van der Waals surface area contributed by atoms with Crippen molar-refractivity contribution >= 4 is 5.82 Å². The number of anilines is 1. The summed E-state index contributed by atoms with van der Waals surface area (Å²) < 4.78 is 5.50. The van der Waals surface area contributed by atoms with Crippen LogP contribution in [0.3, 0.4) is 0 Å². The Bertz CT molecular complexity index is 551. The summed E-state index contributed by atoms with van der Waals surface area (Å²) in [4.78, 5) is 0. The first kappa shape index (κ1) is 14.6. The first-order chi connectivity index (χ1) is 9.58. The van der Waals surface area contributed by atoms with E-state index in [1.807, 2.05) is 0 Å². The molecular formula is C17H24N2O. The molecule has 0 saturated heterocycles. The van der Waals surface area contributed by atoms with Gasteiger partial charge in [-0.25, -0.2) is 0 Å². The van der Waals surface area contributed by atoms with Gasteiger partial charge in [0.1, 0.15) is 5.76 Å². The standard InChI is InChI=1S/C17H24N2O/c1-5-12(6-2)16-15(17(18)19-20-16)14-9-7-13(8-10-14)11(3)4/h7-12H,5-6H2,1-4H3,(H2,18,19). The van der Waals surface area contributed by atoms with Gasteiger partial charge in [0, 0.05) is 5.92 Å². The largest absolute Gasteiger partial charge is 0.380 e. The fourth-order valence-corrected chi connectivity index (χ4v) is 2.58. The van der Waals surface area contributed by atoms with Crippen LogP contribution in [0, 0.1) is 0 Å². The molecule has 2 rings (SSSR count). The molecule has 0 atom stereocenters. The van der Waals surface area contributed by atoms with E-state index >= 15 is 0 Å². The zero-order valence-electron chi connectivity index (χ0n) is 12.8. The molecular weight excluding hydrogens is 248 g/mol. The topological polar surface area (TPSA) is 52.0 Å². The van der Waals surface area contributed by atoms with Crippen LogP contribution in [-0.2, 0) is 0 Å². The molecule has 0 fully saturated rings. The van der Waals surface area contributed by atoms with Crippen LogP contribution in [-0.4, -0.2) is 5.16 Å². The van der Waals surface area contributed by atoms with Gasteiger partial charge < -0.3 is 10.3 Å². The van der Waals surface area contributed by atoms with Gasteiger partial charge in [0.2, 0.25) is 0 Å². The molecule has 3 nitrogen and oxygen atoms in total. The van der Waals surface area contributed by atoms with E-state index in [0.29, 0.717) is 17.7 Å². The van der Waals surface area contributed by atoms with E-state index in [9.17, 15) is 0 Å². The Hall–Kier alpha value is -1.77. The van der Waals surface area contributed by atoms with Crippen molar-refractivity contribution < 1.29 is 4.52 Å². The third-order valence-electron chi connectivity index (χ3n) is 3.97. The zero-order valence-corrected chi connectivity index (χ0v) is 12.8. The molecule has 3 heteroatoms. The number of hydrogen-bond acceptors (Lipinski definition) is 3. The molecule has 0 bridgehead atoms. The number of nitrogens with zero attached hydrogens (tertiary/aromatic N) is 1. The van der Waals surface area contributed by atoms with E-state index in [0.717, 1.165) is 29.7 Å². The van der Waals surface area contributed by atoms with Crippen molar-refractivity contribution in [3.05, 3.63) is 35.6 Å². The molecule has 0 amide bonds. The van der Waals surface area contributed by atoms with E-state index in [4.69, 9.17) is 10.3 Å². The number of benzene rings is 1. The van der Waals surface area contributed by atoms with Crippen LogP contribution in [0.15, 0.2) is 28.8 Å². The molecule has 0 spiro atoms. The van der Waals surface area contributed by atoms with E-state index in [-0.39, 0.29) is 0 Å². The van der Waals surface area contributed by atoms with Gasteiger partial charge in [0.25, 0.3) is 0 Å². The summed E-state index contributed by atoms with van der Waals surface area (Å²) in [5, 5.41) is 3.97. The summed E-state index contributed by atoms with van der Waals surface area (Å²) in [5.74, 6) is 2.32. The van der Waals surface area contributed by atoms with E-state index in [1.165, 1.54) is 5.56 Å². The number of nitrogen functional groups attached to an aromatic ring is 1. The molecule has 0 saturated carbocycles. The molecule has 0 aliphatic rings. The van der Waals surface area contributed by atoms with Crippen LogP contribution in [0.5, 0.6) is 0 Å². The summed E-state index contributed by atoms with van der Waals surface area (Å²) >= 11 is 0. The average molecular weight is 272 g/mol. The number of rotatable bonds is 5. The fourth-order valence-electron chi connectivity index (χ4n) is 2.58. The van der Waals surface area contributed by atoms with Gasteiger partial charge >= 0.3 is 0 Å². The Morgan fingerprint density at radius 2 is 1.70 bits per heavy atom. The maximum Gasteiger partial charge on any atom is 0.175 e. The molecule has 1 aromatic heterocycles. The number of aromatic nitrogens is 1. The minimum Gasteiger partial charge on any atom is -0.380 e. The van der Waals surface area contributed by atoms with Gasteiger partial charge in [0.05, 0.1) is 5.56 Å². The lowest BCUT2D eigenvalue weighted by atomic mass is 9.92. The SMILES string of the molecule is CCC(CC)c1onc(N)c1-c1ccc(C(C)C)cc1. The van der Waals surface area contributed by atoms with Crippen LogP contribution >= 0.6 is 0 Å². The van der Waals surface area contributed by atoms with Crippen molar-refractivity contribution in [1.29, 1.82) is 0 Å². The molecule has 2 aromatic rings. The predicted molar refractivity (Wildman–Crippen MR) is 83.8 cm³/mol. The van der Waals surface area contributed by atoms with Crippen LogP contribution in [0.2, 0.25) is 0 Å².